The number of hydrogen-bond donors (Lipinski definition) is 0. The molecule has 1 heterocycles. The Balaban J connectivity index is 3.39. The maximum absolute atomic E-state index is 12.9. The van der Waals surface area contributed by atoms with E-state index in [4.69, 9.17) is 0 Å². The van der Waals surface area contributed by atoms with Crippen molar-refractivity contribution < 1.29 is 39.5 Å². The van der Waals surface area contributed by atoms with Crippen LogP contribution in [0.3, 0.4) is 0 Å². The Hall–Kier alpha value is -1.48. The molecule has 0 atom stereocenters. The number of halogens is 9. The SMILES string of the molecule is Fc1nc(C(F)(F)F)c(F)c(F)c1CC(F)(F)F. The van der Waals surface area contributed by atoms with Gasteiger partial charge in [-0.3, -0.25) is 0 Å². The molecule has 102 valence electrons. The molecule has 1 nitrogen and oxygen atoms in total. The number of alkyl halides is 6. The van der Waals surface area contributed by atoms with Gasteiger partial charge in [0.05, 0.1) is 12.0 Å². The van der Waals surface area contributed by atoms with Crippen LogP contribution in [0, 0.1) is 17.6 Å². The summed E-state index contributed by atoms with van der Waals surface area (Å²) in [6.07, 6.45) is -12.9. The lowest BCUT2D eigenvalue weighted by Crippen LogP contribution is -2.20. The van der Waals surface area contributed by atoms with Gasteiger partial charge >= 0.3 is 12.4 Å². The van der Waals surface area contributed by atoms with Crippen molar-refractivity contribution in [1.29, 1.82) is 0 Å². The van der Waals surface area contributed by atoms with E-state index >= 15 is 0 Å². The molecule has 0 bridgehead atoms. The van der Waals surface area contributed by atoms with Crippen LogP contribution >= 0.6 is 0 Å². The molecule has 0 N–H and O–H groups in total. The molecule has 1 aromatic heterocycles. The third-order valence-electron chi connectivity index (χ3n) is 1.77. The van der Waals surface area contributed by atoms with Crippen molar-refractivity contribution in [3.8, 4) is 0 Å². The zero-order valence-corrected chi connectivity index (χ0v) is 8.06. The number of rotatable bonds is 1. The van der Waals surface area contributed by atoms with Crippen molar-refractivity contribution in [3.63, 3.8) is 0 Å². The van der Waals surface area contributed by atoms with Gasteiger partial charge in [0, 0.05) is 0 Å². The number of hydrogen-bond acceptors (Lipinski definition) is 1. The van der Waals surface area contributed by atoms with Gasteiger partial charge in [-0.15, -0.1) is 0 Å². The van der Waals surface area contributed by atoms with Crippen molar-refractivity contribution in [3.05, 3.63) is 28.8 Å². The summed E-state index contributed by atoms with van der Waals surface area (Å²) < 4.78 is 110. The van der Waals surface area contributed by atoms with Crippen molar-refractivity contribution in [2.45, 2.75) is 18.8 Å². The highest BCUT2D eigenvalue weighted by Gasteiger charge is 2.41. The summed E-state index contributed by atoms with van der Waals surface area (Å²) in [4.78, 5) is 1.98. The van der Waals surface area contributed by atoms with Crippen LogP contribution in [-0.4, -0.2) is 11.2 Å². The molecule has 0 aliphatic rings. The van der Waals surface area contributed by atoms with Crippen LogP contribution in [0.25, 0.3) is 0 Å². The topological polar surface area (TPSA) is 12.9 Å². The summed E-state index contributed by atoms with van der Waals surface area (Å²) >= 11 is 0. The largest absolute Gasteiger partial charge is 0.436 e. The van der Waals surface area contributed by atoms with Crippen molar-refractivity contribution in [1.82, 2.24) is 4.98 Å². The van der Waals surface area contributed by atoms with Crippen LogP contribution in [0.15, 0.2) is 0 Å². The van der Waals surface area contributed by atoms with Gasteiger partial charge in [-0.2, -0.15) is 30.7 Å². The summed E-state index contributed by atoms with van der Waals surface area (Å²) in [5.41, 5.74) is -4.43. The summed E-state index contributed by atoms with van der Waals surface area (Å²) in [6.45, 7) is 0. The van der Waals surface area contributed by atoms with Crippen LogP contribution in [0.4, 0.5) is 39.5 Å². The molecule has 0 spiro atoms. The Bertz CT molecular complexity index is 459. The first-order valence-corrected chi connectivity index (χ1v) is 4.11. The number of pyridine rings is 1. The van der Waals surface area contributed by atoms with E-state index in [0.717, 1.165) is 0 Å². The predicted molar refractivity (Wildman–Crippen MR) is 38.9 cm³/mol. The molecule has 0 aliphatic heterocycles. The smallest absolute Gasteiger partial charge is 0.212 e. The molecule has 0 saturated heterocycles. The fraction of sp³-hybridized carbons (Fsp3) is 0.375. The summed E-state index contributed by atoms with van der Waals surface area (Å²) in [7, 11) is 0. The minimum atomic E-state index is -5.51. The second-order valence-electron chi connectivity index (χ2n) is 3.15. The maximum atomic E-state index is 12.9. The highest BCUT2D eigenvalue weighted by molar-refractivity contribution is 5.23. The van der Waals surface area contributed by atoms with Crippen LogP contribution in [-0.2, 0) is 12.6 Å². The molecule has 10 heteroatoms. The molecule has 0 radical (unpaired) electrons. The van der Waals surface area contributed by atoms with E-state index in [9.17, 15) is 39.5 Å². The molecular formula is C8H2F9N. The van der Waals surface area contributed by atoms with Crippen LogP contribution in [0.5, 0.6) is 0 Å². The highest BCUT2D eigenvalue weighted by Crippen LogP contribution is 2.33. The second-order valence-corrected chi connectivity index (χ2v) is 3.15. The molecule has 18 heavy (non-hydrogen) atoms. The van der Waals surface area contributed by atoms with E-state index in [0.29, 0.717) is 0 Å². The summed E-state index contributed by atoms with van der Waals surface area (Å²) in [5.74, 6) is -7.56. The Morgan fingerprint density at radius 2 is 1.33 bits per heavy atom. The van der Waals surface area contributed by atoms with Gasteiger partial charge in [0.2, 0.25) is 5.95 Å². The van der Waals surface area contributed by atoms with Crippen LogP contribution in [0.2, 0.25) is 0 Å². The van der Waals surface area contributed by atoms with Gasteiger partial charge in [-0.05, 0) is 0 Å². The zero-order chi connectivity index (χ0) is 14.3. The normalized spacial score (nSPS) is 12.9. The number of nitrogens with zero attached hydrogens (tertiary/aromatic N) is 1. The Morgan fingerprint density at radius 3 is 1.72 bits per heavy atom. The highest BCUT2D eigenvalue weighted by atomic mass is 19.4. The molecule has 0 amide bonds. The summed E-state index contributed by atoms with van der Waals surface area (Å²) in [6, 6.07) is 0. The first-order valence-electron chi connectivity index (χ1n) is 4.11. The zero-order valence-electron chi connectivity index (χ0n) is 8.06. The lowest BCUT2D eigenvalue weighted by Gasteiger charge is -2.12. The number of aromatic nitrogens is 1. The molecule has 1 rings (SSSR count). The van der Waals surface area contributed by atoms with E-state index in [1.165, 1.54) is 0 Å². The van der Waals surface area contributed by atoms with Crippen molar-refractivity contribution >= 4 is 0 Å². The Morgan fingerprint density at radius 1 is 0.833 bits per heavy atom. The lowest BCUT2D eigenvalue weighted by atomic mass is 10.1. The third kappa shape index (κ3) is 3.05. The standard InChI is InChI=1S/C8H2F9N/c9-3-2(1-7(12,13)14)6(11)18-5(4(3)10)8(15,16)17/h1H2. The summed E-state index contributed by atoms with van der Waals surface area (Å²) in [5, 5.41) is 0. The van der Waals surface area contributed by atoms with E-state index in [-0.39, 0.29) is 0 Å². The average Bonchev–Trinajstić information content (AvgIpc) is 2.15. The van der Waals surface area contributed by atoms with Gasteiger partial charge in [0.25, 0.3) is 0 Å². The second kappa shape index (κ2) is 4.32. The van der Waals surface area contributed by atoms with E-state index < -0.39 is 47.6 Å². The fourth-order valence-electron chi connectivity index (χ4n) is 1.08. The predicted octanol–water partition coefficient (Wildman–Crippen LogP) is 3.62. The van der Waals surface area contributed by atoms with Gasteiger partial charge in [0.15, 0.2) is 17.3 Å². The fourth-order valence-corrected chi connectivity index (χ4v) is 1.08. The van der Waals surface area contributed by atoms with Gasteiger partial charge < -0.3 is 0 Å². The van der Waals surface area contributed by atoms with Crippen LogP contribution < -0.4 is 0 Å². The molecule has 0 unspecified atom stereocenters. The molecule has 0 fully saturated rings. The molecule has 1 aromatic rings. The van der Waals surface area contributed by atoms with E-state index in [2.05, 4.69) is 0 Å². The van der Waals surface area contributed by atoms with Gasteiger partial charge in [0.1, 0.15) is 0 Å². The Kier molecular flexibility index (Phi) is 3.50. The lowest BCUT2D eigenvalue weighted by molar-refractivity contribution is -0.144. The Labute approximate surface area is 93.2 Å². The minimum absolute atomic E-state index is 1.90. The molecular weight excluding hydrogens is 281 g/mol. The molecule has 0 aliphatic carbocycles. The maximum Gasteiger partial charge on any atom is 0.436 e. The average molecular weight is 283 g/mol. The first-order chi connectivity index (χ1) is 7.93. The molecule has 0 aromatic carbocycles. The van der Waals surface area contributed by atoms with E-state index in [1.54, 1.807) is 0 Å². The van der Waals surface area contributed by atoms with Crippen LogP contribution in [0.1, 0.15) is 11.3 Å². The minimum Gasteiger partial charge on any atom is -0.212 e. The van der Waals surface area contributed by atoms with Crippen molar-refractivity contribution in [2.75, 3.05) is 0 Å². The monoisotopic (exact) mass is 283 g/mol. The first kappa shape index (κ1) is 14.6. The van der Waals surface area contributed by atoms with Gasteiger partial charge in [-0.1, -0.05) is 0 Å². The third-order valence-corrected chi connectivity index (χ3v) is 1.77. The molecule has 0 saturated carbocycles. The van der Waals surface area contributed by atoms with Crippen molar-refractivity contribution in [2.24, 2.45) is 0 Å². The van der Waals surface area contributed by atoms with Gasteiger partial charge in [-0.25, -0.2) is 13.8 Å². The van der Waals surface area contributed by atoms with E-state index in [1.807, 2.05) is 4.98 Å². The quantitative estimate of drug-likeness (QED) is 0.566.